The molecule has 0 radical (unpaired) electrons. The number of nitrogen functional groups attached to an aromatic ring is 1. The molecule has 1 aromatic heterocycles. The van der Waals surface area contributed by atoms with E-state index >= 15 is 0 Å². The van der Waals surface area contributed by atoms with Crippen LogP contribution in [0, 0.1) is 0 Å². The molecule has 2 aromatic rings. The molecule has 0 aliphatic carbocycles. The van der Waals surface area contributed by atoms with Gasteiger partial charge in [-0.1, -0.05) is 12.1 Å². The number of pyridine rings is 1. The normalized spacial score (nSPS) is 14.2. The molecule has 3 rings (SSSR count). The van der Waals surface area contributed by atoms with Crippen molar-refractivity contribution in [2.45, 2.75) is 19.3 Å². The van der Waals surface area contributed by atoms with Gasteiger partial charge in [-0.25, -0.2) is 0 Å². The maximum Gasteiger partial charge on any atom is 0.0421 e. The third kappa shape index (κ3) is 2.55. The van der Waals surface area contributed by atoms with Crippen LogP contribution in [-0.2, 0) is 12.8 Å². The summed E-state index contributed by atoms with van der Waals surface area (Å²) in [7, 11) is 0. The summed E-state index contributed by atoms with van der Waals surface area (Å²) >= 11 is 0. The van der Waals surface area contributed by atoms with Crippen LogP contribution < -0.4 is 10.6 Å². The number of aromatic nitrogens is 1. The van der Waals surface area contributed by atoms with Crippen LogP contribution in [0.3, 0.4) is 0 Å². The Morgan fingerprint density at radius 2 is 2.11 bits per heavy atom. The van der Waals surface area contributed by atoms with Gasteiger partial charge in [-0.3, -0.25) is 4.98 Å². The van der Waals surface area contributed by atoms with Gasteiger partial charge in [-0.15, -0.1) is 0 Å². The predicted molar refractivity (Wildman–Crippen MR) is 79.3 cm³/mol. The first-order chi connectivity index (χ1) is 9.34. The molecular weight excluding hydrogens is 234 g/mol. The van der Waals surface area contributed by atoms with Crippen molar-refractivity contribution in [2.24, 2.45) is 0 Å². The first kappa shape index (κ1) is 12.0. The number of hydrogen-bond donors (Lipinski definition) is 1. The van der Waals surface area contributed by atoms with E-state index < -0.39 is 0 Å². The molecular formula is C16H19N3. The lowest BCUT2D eigenvalue weighted by molar-refractivity contribution is 0.685. The summed E-state index contributed by atoms with van der Waals surface area (Å²) in [6.07, 6.45) is 5.12. The first-order valence-electron chi connectivity index (χ1n) is 6.87. The van der Waals surface area contributed by atoms with Crippen LogP contribution in [0.2, 0.25) is 0 Å². The van der Waals surface area contributed by atoms with E-state index in [4.69, 9.17) is 5.73 Å². The summed E-state index contributed by atoms with van der Waals surface area (Å²) in [4.78, 5) is 6.82. The van der Waals surface area contributed by atoms with Crippen LogP contribution in [0.4, 0.5) is 11.4 Å². The Morgan fingerprint density at radius 1 is 1.16 bits per heavy atom. The zero-order valence-electron chi connectivity index (χ0n) is 11.0. The van der Waals surface area contributed by atoms with E-state index in [2.05, 4.69) is 22.0 Å². The van der Waals surface area contributed by atoms with Crippen molar-refractivity contribution in [3.8, 4) is 0 Å². The molecule has 0 saturated heterocycles. The van der Waals surface area contributed by atoms with Crippen molar-refractivity contribution in [3.63, 3.8) is 0 Å². The minimum absolute atomic E-state index is 0.931. The van der Waals surface area contributed by atoms with Gasteiger partial charge < -0.3 is 10.6 Å². The molecule has 0 saturated carbocycles. The average Bonchev–Trinajstić information content (AvgIpc) is 2.47. The van der Waals surface area contributed by atoms with Crippen LogP contribution in [-0.4, -0.2) is 18.1 Å². The lowest BCUT2D eigenvalue weighted by Crippen LogP contribution is -2.31. The lowest BCUT2D eigenvalue weighted by Gasteiger charge is -2.32. The van der Waals surface area contributed by atoms with E-state index in [0.717, 1.165) is 37.3 Å². The van der Waals surface area contributed by atoms with Crippen molar-refractivity contribution >= 4 is 11.4 Å². The van der Waals surface area contributed by atoms with Crippen LogP contribution in [0.25, 0.3) is 0 Å². The minimum atomic E-state index is 0.931. The van der Waals surface area contributed by atoms with E-state index in [1.807, 2.05) is 30.5 Å². The van der Waals surface area contributed by atoms with Gasteiger partial charge in [0.1, 0.15) is 0 Å². The topological polar surface area (TPSA) is 42.1 Å². The molecule has 0 spiro atoms. The zero-order chi connectivity index (χ0) is 13.1. The van der Waals surface area contributed by atoms with Gasteiger partial charge in [0.2, 0.25) is 0 Å². The molecule has 1 aliphatic heterocycles. The first-order valence-corrected chi connectivity index (χ1v) is 6.87. The summed E-state index contributed by atoms with van der Waals surface area (Å²) in [5.41, 5.74) is 10.8. The van der Waals surface area contributed by atoms with E-state index in [1.165, 1.54) is 17.7 Å². The molecule has 0 amide bonds. The number of nitrogens with zero attached hydrogens (tertiary/aromatic N) is 2. The van der Waals surface area contributed by atoms with Crippen LogP contribution >= 0.6 is 0 Å². The van der Waals surface area contributed by atoms with E-state index in [9.17, 15) is 0 Å². The molecule has 2 N–H and O–H groups in total. The number of hydrogen-bond acceptors (Lipinski definition) is 3. The number of fused-ring (bicyclic) bond motifs is 1. The molecule has 3 nitrogen and oxygen atoms in total. The quantitative estimate of drug-likeness (QED) is 0.855. The highest BCUT2D eigenvalue weighted by Crippen LogP contribution is 2.31. The molecule has 0 unspecified atom stereocenters. The highest BCUT2D eigenvalue weighted by atomic mass is 15.1. The molecule has 1 aromatic carbocycles. The molecule has 2 heterocycles. The largest absolute Gasteiger partial charge is 0.398 e. The Bertz CT molecular complexity index is 551. The number of benzene rings is 1. The predicted octanol–water partition coefficient (Wildman–Crippen LogP) is 2.66. The van der Waals surface area contributed by atoms with Crippen molar-refractivity contribution in [1.29, 1.82) is 0 Å². The van der Waals surface area contributed by atoms with Gasteiger partial charge in [0, 0.05) is 42.8 Å². The fraction of sp³-hybridized carbons (Fsp3) is 0.312. The van der Waals surface area contributed by atoms with Gasteiger partial charge in [0.05, 0.1) is 0 Å². The van der Waals surface area contributed by atoms with Gasteiger partial charge in [-0.2, -0.15) is 0 Å². The van der Waals surface area contributed by atoms with Crippen LogP contribution in [0.5, 0.6) is 0 Å². The molecule has 1 aliphatic rings. The minimum Gasteiger partial charge on any atom is -0.398 e. The number of rotatable bonds is 3. The lowest BCUT2D eigenvalue weighted by atomic mass is 9.99. The molecule has 0 atom stereocenters. The van der Waals surface area contributed by atoms with Crippen molar-refractivity contribution in [1.82, 2.24) is 4.98 Å². The third-order valence-corrected chi connectivity index (χ3v) is 3.75. The molecule has 0 fully saturated rings. The maximum atomic E-state index is 6.07. The smallest absolute Gasteiger partial charge is 0.0421 e. The van der Waals surface area contributed by atoms with E-state index in [0.29, 0.717) is 0 Å². The zero-order valence-corrected chi connectivity index (χ0v) is 11.0. The standard InChI is InChI=1S/C16H19N3/c17-15-7-3-8-16-14(15)6-4-11-19(16)12-9-13-5-1-2-10-18-13/h1-3,5,7-8,10H,4,6,9,11-12,17H2. The summed E-state index contributed by atoms with van der Waals surface area (Å²) in [5, 5.41) is 0. The second kappa shape index (κ2) is 5.31. The fourth-order valence-corrected chi connectivity index (χ4v) is 2.76. The average molecular weight is 253 g/mol. The summed E-state index contributed by atoms with van der Waals surface area (Å²) in [5.74, 6) is 0. The van der Waals surface area contributed by atoms with Gasteiger partial charge >= 0.3 is 0 Å². The highest BCUT2D eigenvalue weighted by molar-refractivity contribution is 5.66. The summed E-state index contributed by atoms with van der Waals surface area (Å²) < 4.78 is 0. The summed E-state index contributed by atoms with van der Waals surface area (Å²) in [6.45, 7) is 2.12. The Hall–Kier alpha value is -2.03. The van der Waals surface area contributed by atoms with Crippen molar-refractivity contribution in [3.05, 3.63) is 53.9 Å². The monoisotopic (exact) mass is 253 g/mol. The fourth-order valence-electron chi connectivity index (χ4n) is 2.76. The molecule has 0 bridgehead atoms. The maximum absolute atomic E-state index is 6.07. The van der Waals surface area contributed by atoms with Gasteiger partial charge in [0.15, 0.2) is 0 Å². The Balaban J connectivity index is 1.75. The van der Waals surface area contributed by atoms with E-state index in [1.54, 1.807) is 0 Å². The van der Waals surface area contributed by atoms with Crippen molar-refractivity contribution in [2.75, 3.05) is 23.7 Å². The molecule has 98 valence electrons. The molecule has 19 heavy (non-hydrogen) atoms. The Labute approximate surface area is 114 Å². The second-order valence-electron chi connectivity index (χ2n) is 5.01. The number of nitrogens with two attached hydrogens (primary N) is 1. The SMILES string of the molecule is Nc1cccc2c1CCCN2CCc1ccccn1. The Kier molecular flexibility index (Phi) is 3.36. The number of anilines is 2. The third-order valence-electron chi connectivity index (χ3n) is 3.75. The van der Waals surface area contributed by atoms with Gasteiger partial charge in [-0.05, 0) is 42.7 Å². The van der Waals surface area contributed by atoms with Gasteiger partial charge in [0.25, 0.3) is 0 Å². The van der Waals surface area contributed by atoms with Crippen LogP contribution in [0.15, 0.2) is 42.6 Å². The van der Waals surface area contributed by atoms with Crippen molar-refractivity contribution < 1.29 is 0 Å². The van der Waals surface area contributed by atoms with Crippen LogP contribution in [0.1, 0.15) is 17.7 Å². The summed E-state index contributed by atoms with van der Waals surface area (Å²) in [6, 6.07) is 12.3. The van der Waals surface area contributed by atoms with E-state index in [-0.39, 0.29) is 0 Å². The highest BCUT2D eigenvalue weighted by Gasteiger charge is 2.18. The second-order valence-corrected chi connectivity index (χ2v) is 5.01. The Morgan fingerprint density at radius 3 is 2.95 bits per heavy atom. The molecule has 3 heteroatoms.